The molecule has 25 heavy (non-hydrogen) atoms. The maximum absolute atomic E-state index is 12.8. The number of aromatic nitrogens is 2. The summed E-state index contributed by atoms with van der Waals surface area (Å²) in [4.78, 5) is 34.8. The van der Waals surface area contributed by atoms with Gasteiger partial charge in [0.1, 0.15) is 5.69 Å². The molecule has 1 aliphatic rings. The van der Waals surface area contributed by atoms with Crippen molar-refractivity contribution in [2.45, 2.75) is 58.6 Å². The molecule has 0 unspecified atom stereocenters. The van der Waals surface area contributed by atoms with Crippen LogP contribution in [0.5, 0.6) is 0 Å². The predicted octanol–water partition coefficient (Wildman–Crippen LogP) is 1.71. The number of aryl methyl sites for hydroxylation is 1. The number of rotatable bonds is 8. The van der Waals surface area contributed by atoms with Crippen LogP contribution in [0.3, 0.4) is 0 Å². The monoisotopic (exact) mass is 348 g/mol. The van der Waals surface area contributed by atoms with Gasteiger partial charge in [-0.2, -0.15) is 0 Å². The molecule has 1 saturated heterocycles. The normalized spacial score (nSPS) is 18.0. The van der Waals surface area contributed by atoms with Crippen molar-refractivity contribution in [2.75, 3.05) is 19.7 Å². The van der Waals surface area contributed by atoms with Crippen molar-refractivity contribution in [3.05, 3.63) is 23.8 Å². The molecule has 2 atom stereocenters. The fourth-order valence-electron chi connectivity index (χ4n) is 2.66. The van der Waals surface area contributed by atoms with E-state index in [2.05, 4.69) is 15.3 Å². The fourth-order valence-corrected chi connectivity index (χ4v) is 2.66. The summed E-state index contributed by atoms with van der Waals surface area (Å²) in [5, 5.41) is 2.93. The van der Waals surface area contributed by atoms with Crippen LogP contribution >= 0.6 is 0 Å². The van der Waals surface area contributed by atoms with Gasteiger partial charge < -0.3 is 15.0 Å². The van der Waals surface area contributed by atoms with Crippen molar-refractivity contribution in [1.29, 1.82) is 0 Å². The van der Waals surface area contributed by atoms with E-state index in [0.717, 1.165) is 31.6 Å². The first-order valence-corrected chi connectivity index (χ1v) is 8.98. The average Bonchev–Trinajstić information content (AvgIpc) is 3.11. The predicted molar refractivity (Wildman–Crippen MR) is 94.2 cm³/mol. The molecule has 1 aromatic heterocycles. The van der Waals surface area contributed by atoms with E-state index in [1.54, 1.807) is 11.1 Å². The van der Waals surface area contributed by atoms with Gasteiger partial charge in [0.2, 0.25) is 5.91 Å². The molecule has 0 bridgehead atoms. The van der Waals surface area contributed by atoms with Crippen LogP contribution in [0.1, 0.15) is 55.7 Å². The van der Waals surface area contributed by atoms with Gasteiger partial charge in [0.15, 0.2) is 0 Å². The smallest absolute Gasteiger partial charge is 0.274 e. The standard InChI is InChI=1S/C18H28N4O3/c1-4-13(2)21-17(23)7-8-22(12-15-6-5-9-25-15)18(24)16-11-19-14(3)10-20-16/h10-11,13,15H,4-9,12H2,1-3H3,(H,21,23)/t13-,15+/m0/s1. The van der Waals surface area contributed by atoms with Gasteiger partial charge in [-0.25, -0.2) is 4.98 Å². The average molecular weight is 348 g/mol. The number of amides is 2. The molecule has 1 N–H and O–H groups in total. The second-order valence-corrected chi connectivity index (χ2v) is 6.56. The third-order valence-electron chi connectivity index (χ3n) is 4.36. The highest BCUT2D eigenvalue weighted by atomic mass is 16.5. The first-order chi connectivity index (χ1) is 12.0. The Morgan fingerprint density at radius 3 is 2.80 bits per heavy atom. The minimum atomic E-state index is -0.209. The molecule has 2 heterocycles. The van der Waals surface area contributed by atoms with Crippen LogP contribution in [0.4, 0.5) is 0 Å². The molecule has 2 rings (SSSR count). The fraction of sp³-hybridized carbons (Fsp3) is 0.667. The molecule has 0 spiro atoms. The minimum Gasteiger partial charge on any atom is -0.376 e. The van der Waals surface area contributed by atoms with Gasteiger partial charge in [-0.15, -0.1) is 0 Å². The van der Waals surface area contributed by atoms with E-state index in [9.17, 15) is 9.59 Å². The number of ether oxygens (including phenoxy) is 1. The summed E-state index contributed by atoms with van der Waals surface area (Å²) >= 11 is 0. The summed E-state index contributed by atoms with van der Waals surface area (Å²) in [6.07, 6.45) is 6.17. The lowest BCUT2D eigenvalue weighted by atomic mass is 10.2. The van der Waals surface area contributed by atoms with E-state index in [1.165, 1.54) is 6.20 Å². The zero-order valence-electron chi connectivity index (χ0n) is 15.3. The highest BCUT2D eigenvalue weighted by molar-refractivity contribution is 5.92. The van der Waals surface area contributed by atoms with E-state index in [0.29, 0.717) is 18.8 Å². The number of carbonyl (C=O) groups is 2. The van der Waals surface area contributed by atoms with Crippen LogP contribution in [0, 0.1) is 6.92 Å². The van der Waals surface area contributed by atoms with E-state index in [4.69, 9.17) is 4.74 Å². The molecule has 0 saturated carbocycles. The summed E-state index contributed by atoms with van der Waals surface area (Å²) in [6.45, 7) is 7.36. The summed E-state index contributed by atoms with van der Waals surface area (Å²) in [7, 11) is 0. The summed E-state index contributed by atoms with van der Waals surface area (Å²) < 4.78 is 5.65. The van der Waals surface area contributed by atoms with Crippen molar-refractivity contribution in [3.8, 4) is 0 Å². The van der Waals surface area contributed by atoms with Crippen LogP contribution in [0.2, 0.25) is 0 Å². The molecule has 1 fully saturated rings. The SMILES string of the molecule is CC[C@H](C)NC(=O)CCN(C[C@H]1CCCO1)C(=O)c1cnc(C)cn1. The van der Waals surface area contributed by atoms with Gasteiger partial charge in [-0.05, 0) is 33.1 Å². The lowest BCUT2D eigenvalue weighted by molar-refractivity contribution is -0.122. The topological polar surface area (TPSA) is 84.4 Å². The van der Waals surface area contributed by atoms with Crippen LogP contribution in [-0.2, 0) is 9.53 Å². The van der Waals surface area contributed by atoms with Gasteiger partial charge in [0.05, 0.1) is 18.0 Å². The molecule has 7 nitrogen and oxygen atoms in total. The second-order valence-electron chi connectivity index (χ2n) is 6.56. The number of hydrogen-bond acceptors (Lipinski definition) is 5. The molecule has 0 aromatic carbocycles. The molecule has 1 aromatic rings. The highest BCUT2D eigenvalue weighted by Gasteiger charge is 2.25. The Morgan fingerprint density at radius 2 is 2.20 bits per heavy atom. The maximum atomic E-state index is 12.8. The Morgan fingerprint density at radius 1 is 1.40 bits per heavy atom. The molecule has 2 amide bonds. The van der Waals surface area contributed by atoms with Crippen LogP contribution in [-0.4, -0.2) is 58.5 Å². The van der Waals surface area contributed by atoms with E-state index < -0.39 is 0 Å². The van der Waals surface area contributed by atoms with Crippen molar-refractivity contribution < 1.29 is 14.3 Å². The number of nitrogens with zero attached hydrogens (tertiary/aromatic N) is 3. The van der Waals surface area contributed by atoms with E-state index in [-0.39, 0.29) is 30.4 Å². The van der Waals surface area contributed by atoms with Crippen LogP contribution in [0.15, 0.2) is 12.4 Å². The van der Waals surface area contributed by atoms with Gasteiger partial charge in [-0.3, -0.25) is 14.6 Å². The molecule has 138 valence electrons. The molecule has 7 heteroatoms. The first-order valence-electron chi connectivity index (χ1n) is 8.98. The Hall–Kier alpha value is -2.02. The number of carbonyl (C=O) groups excluding carboxylic acids is 2. The van der Waals surface area contributed by atoms with Gasteiger partial charge in [0, 0.05) is 38.4 Å². The Balaban J connectivity index is 2.00. The van der Waals surface area contributed by atoms with Gasteiger partial charge in [0.25, 0.3) is 5.91 Å². The van der Waals surface area contributed by atoms with Crippen LogP contribution < -0.4 is 5.32 Å². The Kier molecular flexibility index (Phi) is 7.31. The molecule has 1 aliphatic heterocycles. The van der Waals surface area contributed by atoms with Gasteiger partial charge in [-0.1, -0.05) is 6.92 Å². The number of hydrogen-bond donors (Lipinski definition) is 1. The highest BCUT2D eigenvalue weighted by Crippen LogP contribution is 2.15. The van der Waals surface area contributed by atoms with Crippen LogP contribution in [0.25, 0.3) is 0 Å². The van der Waals surface area contributed by atoms with Crippen molar-refractivity contribution in [3.63, 3.8) is 0 Å². The van der Waals surface area contributed by atoms with Crippen molar-refractivity contribution >= 4 is 11.8 Å². The summed E-state index contributed by atoms with van der Waals surface area (Å²) in [5.74, 6) is -0.256. The molecule has 0 aliphatic carbocycles. The quantitative estimate of drug-likeness (QED) is 0.773. The lowest BCUT2D eigenvalue weighted by Gasteiger charge is -2.25. The third kappa shape index (κ3) is 6.08. The molecular formula is C18H28N4O3. The molecule has 0 radical (unpaired) electrons. The third-order valence-corrected chi connectivity index (χ3v) is 4.36. The maximum Gasteiger partial charge on any atom is 0.274 e. The Labute approximate surface area is 149 Å². The summed E-state index contributed by atoms with van der Waals surface area (Å²) in [6, 6.07) is 0.137. The second kappa shape index (κ2) is 9.46. The minimum absolute atomic E-state index is 0.0278. The lowest BCUT2D eigenvalue weighted by Crippen LogP contribution is -2.41. The zero-order chi connectivity index (χ0) is 18.2. The largest absolute Gasteiger partial charge is 0.376 e. The molecular weight excluding hydrogens is 320 g/mol. The number of nitrogens with one attached hydrogen (secondary N) is 1. The Bertz CT molecular complexity index is 570. The summed E-state index contributed by atoms with van der Waals surface area (Å²) in [5.41, 5.74) is 1.06. The van der Waals surface area contributed by atoms with E-state index in [1.807, 2.05) is 20.8 Å². The zero-order valence-corrected chi connectivity index (χ0v) is 15.3. The first kappa shape index (κ1) is 19.3. The van der Waals surface area contributed by atoms with E-state index >= 15 is 0 Å². The van der Waals surface area contributed by atoms with Crippen molar-refractivity contribution in [1.82, 2.24) is 20.2 Å². The van der Waals surface area contributed by atoms with Crippen molar-refractivity contribution in [2.24, 2.45) is 0 Å². The van der Waals surface area contributed by atoms with Gasteiger partial charge >= 0.3 is 0 Å².